The molecule has 24 heavy (non-hydrogen) atoms. The number of carbonyl (C=O) groups is 1. The molecule has 1 aliphatic rings. The molecule has 2 heterocycles. The van der Waals surface area contributed by atoms with Gasteiger partial charge in [-0.25, -0.2) is 4.98 Å². The third-order valence-corrected chi connectivity index (χ3v) is 5.45. The van der Waals surface area contributed by atoms with Crippen molar-refractivity contribution in [3.8, 4) is 0 Å². The minimum absolute atomic E-state index is 0.0643. The van der Waals surface area contributed by atoms with Gasteiger partial charge in [0, 0.05) is 24.0 Å². The molecule has 0 saturated carbocycles. The van der Waals surface area contributed by atoms with Crippen LogP contribution in [0.2, 0.25) is 0 Å². The van der Waals surface area contributed by atoms with Gasteiger partial charge in [0.15, 0.2) is 0 Å². The summed E-state index contributed by atoms with van der Waals surface area (Å²) in [7, 11) is 0. The van der Waals surface area contributed by atoms with Gasteiger partial charge in [-0.2, -0.15) is 0 Å². The van der Waals surface area contributed by atoms with Crippen molar-refractivity contribution in [2.75, 3.05) is 19.6 Å². The number of nitrogens with zero attached hydrogens (tertiary/aromatic N) is 2. The maximum atomic E-state index is 12.1. The van der Waals surface area contributed by atoms with Crippen LogP contribution in [0, 0.1) is 5.41 Å². The number of aromatic nitrogens is 1. The van der Waals surface area contributed by atoms with Gasteiger partial charge in [-0.3, -0.25) is 9.69 Å². The first-order valence-electron chi connectivity index (χ1n) is 8.27. The minimum atomic E-state index is -0.0643. The zero-order valence-electron chi connectivity index (χ0n) is 14.0. The highest BCUT2D eigenvalue weighted by atomic mass is 32.1. The Labute approximate surface area is 146 Å². The maximum Gasteiger partial charge on any atom is 0.251 e. The first-order valence-corrected chi connectivity index (χ1v) is 9.15. The Hall–Kier alpha value is -1.76. The third-order valence-electron chi connectivity index (χ3n) is 4.55. The van der Waals surface area contributed by atoms with Crippen LogP contribution in [0.25, 0.3) is 0 Å². The van der Waals surface area contributed by atoms with Crippen LogP contribution in [0.5, 0.6) is 0 Å². The molecule has 6 heteroatoms. The van der Waals surface area contributed by atoms with Crippen LogP contribution in [0.1, 0.15) is 34.4 Å². The van der Waals surface area contributed by atoms with Crippen molar-refractivity contribution >= 4 is 17.2 Å². The van der Waals surface area contributed by atoms with Crippen molar-refractivity contribution in [3.05, 3.63) is 52.0 Å². The molecule has 1 aromatic heterocycles. The van der Waals surface area contributed by atoms with Crippen LogP contribution in [0.15, 0.2) is 35.7 Å². The highest BCUT2D eigenvalue weighted by Gasteiger charge is 2.32. The summed E-state index contributed by atoms with van der Waals surface area (Å²) in [6.07, 6.45) is 1.15. The van der Waals surface area contributed by atoms with Crippen LogP contribution in [0.3, 0.4) is 0 Å². The van der Waals surface area contributed by atoms with E-state index in [0.717, 1.165) is 43.3 Å². The molecule has 1 atom stereocenters. The Balaban J connectivity index is 1.50. The van der Waals surface area contributed by atoms with Crippen LogP contribution in [-0.4, -0.2) is 35.4 Å². The van der Waals surface area contributed by atoms with Crippen LogP contribution in [0.4, 0.5) is 0 Å². The molecule has 3 N–H and O–H groups in total. The largest absolute Gasteiger partial charge is 0.346 e. The molecule has 1 aromatic carbocycles. The Morgan fingerprint density at radius 3 is 2.92 bits per heavy atom. The number of likely N-dealkylation sites (tertiary alicyclic amines) is 1. The van der Waals surface area contributed by atoms with Gasteiger partial charge in [0.25, 0.3) is 5.91 Å². The fraction of sp³-hybridized carbons (Fsp3) is 0.444. The van der Waals surface area contributed by atoms with E-state index >= 15 is 0 Å². The number of hydrogen-bond donors (Lipinski definition) is 2. The van der Waals surface area contributed by atoms with Gasteiger partial charge in [0.05, 0.1) is 12.2 Å². The lowest BCUT2D eigenvalue weighted by atomic mass is 9.90. The van der Waals surface area contributed by atoms with E-state index in [1.54, 1.807) is 11.3 Å². The second-order valence-corrected chi connectivity index (χ2v) is 7.70. The molecular weight excluding hydrogens is 320 g/mol. The molecule has 1 saturated heterocycles. The average Bonchev–Trinajstić information content (AvgIpc) is 3.21. The number of nitrogens with two attached hydrogens (primary N) is 1. The highest BCUT2D eigenvalue weighted by Crippen LogP contribution is 2.29. The van der Waals surface area contributed by atoms with Crippen LogP contribution < -0.4 is 11.1 Å². The summed E-state index contributed by atoms with van der Waals surface area (Å²) >= 11 is 1.60. The van der Waals surface area contributed by atoms with E-state index in [9.17, 15) is 4.79 Å². The third kappa shape index (κ3) is 4.20. The van der Waals surface area contributed by atoms with Gasteiger partial charge in [0.2, 0.25) is 0 Å². The zero-order valence-corrected chi connectivity index (χ0v) is 14.8. The summed E-state index contributed by atoms with van der Waals surface area (Å²) < 4.78 is 0. The van der Waals surface area contributed by atoms with Crippen LogP contribution in [-0.2, 0) is 13.1 Å². The molecule has 0 spiro atoms. The predicted octanol–water partition coefficient (Wildman–Crippen LogP) is 2.24. The molecule has 0 radical (unpaired) electrons. The smallest absolute Gasteiger partial charge is 0.251 e. The lowest BCUT2D eigenvalue weighted by Crippen LogP contribution is -2.31. The lowest BCUT2D eigenvalue weighted by molar-refractivity contribution is 0.0951. The summed E-state index contributed by atoms with van der Waals surface area (Å²) in [4.78, 5) is 19.1. The fourth-order valence-electron chi connectivity index (χ4n) is 3.01. The molecule has 5 nitrogen and oxygen atoms in total. The summed E-state index contributed by atoms with van der Waals surface area (Å²) in [6.45, 7) is 6.42. The van der Waals surface area contributed by atoms with Gasteiger partial charge < -0.3 is 11.1 Å². The summed E-state index contributed by atoms with van der Waals surface area (Å²) in [5, 5.41) is 5.95. The molecule has 0 bridgehead atoms. The number of nitrogens with one attached hydrogen (secondary N) is 1. The van der Waals surface area contributed by atoms with E-state index in [1.807, 2.05) is 30.3 Å². The van der Waals surface area contributed by atoms with Crippen LogP contribution >= 0.6 is 11.3 Å². The summed E-state index contributed by atoms with van der Waals surface area (Å²) in [6, 6.07) is 9.25. The maximum absolute atomic E-state index is 12.1. The number of carbonyl (C=O) groups excluding carboxylic acids is 1. The second kappa shape index (κ2) is 7.42. The minimum Gasteiger partial charge on any atom is -0.346 e. The van der Waals surface area contributed by atoms with E-state index in [-0.39, 0.29) is 11.3 Å². The molecule has 1 unspecified atom stereocenters. The normalized spacial score (nSPS) is 21.1. The topological polar surface area (TPSA) is 71.2 Å². The molecule has 1 amide bonds. The highest BCUT2D eigenvalue weighted by molar-refractivity contribution is 7.09. The van der Waals surface area contributed by atoms with Gasteiger partial charge in [0.1, 0.15) is 5.01 Å². The number of hydrogen-bond acceptors (Lipinski definition) is 5. The molecule has 128 valence electrons. The number of rotatable bonds is 6. The second-order valence-electron chi connectivity index (χ2n) is 6.76. The number of thiazole rings is 1. The van der Waals surface area contributed by atoms with Crippen molar-refractivity contribution in [2.24, 2.45) is 11.1 Å². The molecule has 2 aromatic rings. The Bertz CT molecular complexity index is 687. The van der Waals surface area contributed by atoms with Gasteiger partial charge in [-0.05, 0) is 37.1 Å². The molecular formula is C18H24N4OS. The summed E-state index contributed by atoms with van der Waals surface area (Å²) in [5.74, 6) is -0.0643. The van der Waals surface area contributed by atoms with E-state index in [0.29, 0.717) is 12.1 Å². The van der Waals surface area contributed by atoms with Crippen molar-refractivity contribution < 1.29 is 4.79 Å². The fourth-order valence-corrected chi connectivity index (χ4v) is 3.73. The molecule has 3 rings (SSSR count). The Morgan fingerprint density at radius 1 is 1.42 bits per heavy atom. The van der Waals surface area contributed by atoms with Crippen molar-refractivity contribution in [2.45, 2.75) is 26.4 Å². The predicted molar refractivity (Wildman–Crippen MR) is 96.8 cm³/mol. The number of benzene rings is 1. The molecule has 1 fully saturated rings. The quantitative estimate of drug-likeness (QED) is 0.843. The monoisotopic (exact) mass is 344 g/mol. The Kier molecular flexibility index (Phi) is 5.28. The standard InChI is InChI=1S/C18H24N4OS/c1-18(12-19)7-8-22(13-18)10-15-11-24-16(21-15)9-20-17(23)14-5-3-2-4-6-14/h2-6,11H,7-10,12-13,19H2,1H3,(H,20,23). The first-order chi connectivity index (χ1) is 11.6. The van der Waals surface area contributed by atoms with Crippen molar-refractivity contribution in [1.82, 2.24) is 15.2 Å². The SMILES string of the molecule is CC1(CN)CCN(Cc2csc(CNC(=O)c3ccccc3)n2)C1. The van der Waals surface area contributed by atoms with E-state index in [1.165, 1.54) is 0 Å². The van der Waals surface area contributed by atoms with Gasteiger partial charge >= 0.3 is 0 Å². The number of amides is 1. The average molecular weight is 344 g/mol. The lowest BCUT2D eigenvalue weighted by Gasteiger charge is -2.22. The summed E-state index contributed by atoms with van der Waals surface area (Å²) in [5.41, 5.74) is 7.85. The zero-order chi connectivity index (χ0) is 17.0. The molecule has 0 aliphatic carbocycles. The van der Waals surface area contributed by atoms with E-state index < -0.39 is 0 Å². The van der Waals surface area contributed by atoms with Gasteiger partial charge in [-0.1, -0.05) is 25.1 Å². The van der Waals surface area contributed by atoms with E-state index in [4.69, 9.17) is 5.73 Å². The first kappa shape index (κ1) is 17.1. The van der Waals surface area contributed by atoms with E-state index in [2.05, 4.69) is 27.5 Å². The Morgan fingerprint density at radius 2 is 2.21 bits per heavy atom. The van der Waals surface area contributed by atoms with Gasteiger partial charge in [-0.15, -0.1) is 11.3 Å². The van der Waals surface area contributed by atoms with Crippen molar-refractivity contribution in [3.63, 3.8) is 0 Å². The van der Waals surface area contributed by atoms with Crippen molar-refractivity contribution in [1.29, 1.82) is 0 Å². The molecule has 1 aliphatic heterocycles.